The predicted molar refractivity (Wildman–Crippen MR) is 81.7 cm³/mol. The van der Waals surface area contributed by atoms with Gasteiger partial charge in [-0.05, 0) is 29.3 Å². The highest BCUT2D eigenvalue weighted by molar-refractivity contribution is 5.63. The maximum atomic E-state index is 14.2. The molecule has 0 saturated carbocycles. The maximum Gasteiger partial charge on any atom is 0.128 e. The van der Waals surface area contributed by atoms with Gasteiger partial charge in [0.05, 0.1) is 25.2 Å². The summed E-state index contributed by atoms with van der Waals surface area (Å²) >= 11 is 0. The van der Waals surface area contributed by atoms with Crippen LogP contribution in [0, 0.1) is 11.2 Å². The number of pyridine rings is 1. The lowest BCUT2D eigenvalue weighted by molar-refractivity contribution is -0.134. The maximum absolute atomic E-state index is 14.2. The first-order valence-electron chi connectivity index (χ1n) is 7.31. The zero-order valence-corrected chi connectivity index (χ0v) is 12.3. The van der Waals surface area contributed by atoms with Gasteiger partial charge < -0.3 is 15.2 Å². The summed E-state index contributed by atoms with van der Waals surface area (Å²) in [7, 11) is 0. The molecular formula is C17H19FN2O2. The van der Waals surface area contributed by atoms with Crippen LogP contribution in [-0.2, 0) is 11.3 Å². The highest BCUT2D eigenvalue weighted by Crippen LogP contribution is 2.26. The Hall–Kier alpha value is -1.82. The molecular weight excluding hydrogens is 283 g/mol. The van der Waals surface area contributed by atoms with E-state index in [2.05, 4.69) is 10.3 Å². The summed E-state index contributed by atoms with van der Waals surface area (Å²) in [5, 5.41) is 12.6. The molecule has 0 unspecified atom stereocenters. The topological polar surface area (TPSA) is 54.4 Å². The summed E-state index contributed by atoms with van der Waals surface area (Å²) in [6.45, 7) is 2.25. The van der Waals surface area contributed by atoms with Crippen molar-refractivity contribution in [1.82, 2.24) is 10.3 Å². The normalized spacial score (nSPS) is 16.3. The number of aliphatic hydroxyl groups excluding tert-OH is 1. The summed E-state index contributed by atoms with van der Waals surface area (Å²) < 4.78 is 19.3. The molecule has 0 atom stereocenters. The Labute approximate surface area is 129 Å². The van der Waals surface area contributed by atoms with Crippen LogP contribution in [-0.4, -0.2) is 36.5 Å². The number of nitrogens with zero attached hydrogens (tertiary/aromatic N) is 1. The van der Waals surface area contributed by atoms with Gasteiger partial charge in [-0.15, -0.1) is 0 Å². The Kier molecular flexibility index (Phi) is 4.47. The number of rotatable bonds is 6. The quantitative estimate of drug-likeness (QED) is 0.857. The van der Waals surface area contributed by atoms with E-state index in [1.165, 1.54) is 0 Å². The average molecular weight is 302 g/mol. The largest absolute Gasteiger partial charge is 0.396 e. The van der Waals surface area contributed by atoms with Gasteiger partial charge in [0.2, 0.25) is 0 Å². The number of nitrogens with one attached hydrogen (secondary N) is 1. The molecule has 5 heteroatoms. The lowest BCUT2D eigenvalue weighted by Crippen LogP contribution is -2.52. The summed E-state index contributed by atoms with van der Waals surface area (Å²) in [6.07, 6.45) is 3.38. The average Bonchev–Trinajstić information content (AvgIpc) is 2.52. The van der Waals surface area contributed by atoms with E-state index in [1.807, 2.05) is 18.2 Å². The minimum absolute atomic E-state index is 0.0868. The van der Waals surface area contributed by atoms with E-state index < -0.39 is 0 Å². The van der Waals surface area contributed by atoms with Gasteiger partial charge in [0, 0.05) is 31.0 Å². The Morgan fingerprint density at radius 1 is 1.18 bits per heavy atom. The smallest absolute Gasteiger partial charge is 0.128 e. The number of hydrogen-bond acceptors (Lipinski definition) is 4. The van der Waals surface area contributed by atoms with Crippen molar-refractivity contribution in [2.24, 2.45) is 5.41 Å². The Morgan fingerprint density at radius 2 is 1.95 bits per heavy atom. The SMILES string of the molecule is OCC1(CNCc2ccc(-c3ccncc3)cc2F)COC1. The van der Waals surface area contributed by atoms with Crippen LogP contribution in [0.4, 0.5) is 4.39 Å². The number of hydrogen-bond donors (Lipinski definition) is 2. The number of aliphatic hydroxyl groups is 1. The van der Waals surface area contributed by atoms with Gasteiger partial charge in [0.25, 0.3) is 0 Å². The van der Waals surface area contributed by atoms with Crippen LogP contribution < -0.4 is 5.32 Å². The van der Waals surface area contributed by atoms with Gasteiger partial charge in [-0.3, -0.25) is 4.98 Å². The zero-order chi connectivity index (χ0) is 15.4. The number of halogens is 1. The molecule has 4 nitrogen and oxygen atoms in total. The van der Waals surface area contributed by atoms with Crippen molar-refractivity contribution in [3.8, 4) is 11.1 Å². The van der Waals surface area contributed by atoms with E-state index in [0.717, 1.165) is 11.1 Å². The van der Waals surface area contributed by atoms with Gasteiger partial charge in [-0.2, -0.15) is 0 Å². The third-order valence-corrected chi connectivity index (χ3v) is 4.03. The first kappa shape index (κ1) is 15.1. The molecule has 0 bridgehead atoms. The lowest BCUT2D eigenvalue weighted by Gasteiger charge is -2.40. The fourth-order valence-electron chi connectivity index (χ4n) is 2.52. The summed E-state index contributed by atoms with van der Waals surface area (Å²) in [5.74, 6) is -0.232. The number of ether oxygens (including phenoxy) is 1. The molecule has 0 amide bonds. The predicted octanol–water partition coefficient (Wildman–Crippen LogP) is 1.99. The van der Waals surface area contributed by atoms with Crippen LogP contribution in [0.1, 0.15) is 5.56 Å². The highest BCUT2D eigenvalue weighted by atomic mass is 19.1. The zero-order valence-electron chi connectivity index (χ0n) is 12.3. The van der Waals surface area contributed by atoms with Crippen LogP contribution in [0.2, 0.25) is 0 Å². The first-order valence-corrected chi connectivity index (χ1v) is 7.31. The van der Waals surface area contributed by atoms with Crippen LogP contribution in [0.3, 0.4) is 0 Å². The first-order chi connectivity index (χ1) is 10.7. The van der Waals surface area contributed by atoms with E-state index in [9.17, 15) is 9.50 Å². The Balaban J connectivity index is 1.63. The van der Waals surface area contributed by atoms with Gasteiger partial charge in [0.1, 0.15) is 5.82 Å². The standard InChI is InChI=1S/C17H19FN2O2/c18-16-7-14(13-3-5-19-6-4-13)1-2-15(16)8-20-9-17(10-21)11-22-12-17/h1-7,20-21H,8-12H2. The van der Waals surface area contributed by atoms with Crippen LogP contribution in [0.5, 0.6) is 0 Å². The van der Waals surface area contributed by atoms with E-state index in [-0.39, 0.29) is 17.8 Å². The third kappa shape index (κ3) is 3.16. The summed E-state index contributed by atoms with van der Waals surface area (Å²) in [5.41, 5.74) is 2.20. The molecule has 1 aliphatic heterocycles. The van der Waals surface area contributed by atoms with Gasteiger partial charge >= 0.3 is 0 Å². The van der Waals surface area contributed by atoms with E-state index in [1.54, 1.807) is 24.5 Å². The highest BCUT2D eigenvalue weighted by Gasteiger charge is 2.37. The fraction of sp³-hybridized carbons (Fsp3) is 0.353. The van der Waals surface area contributed by atoms with E-state index >= 15 is 0 Å². The third-order valence-electron chi connectivity index (χ3n) is 4.03. The minimum atomic E-state index is -0.232. The van der Waals surface area contributed by atoms with Crippen LogP contribution in [0.25, 0.3) is 11.1 Å². The molecule has 22 heavy (non-hydrogen) atoms. The second-order valence-corrected chi connectivity index (χ2v) is 5.80. The fourth-order valence-corrected chi connectivity index (χ4v) is 2.52. The second kappa shape index (κ2) is 6.52. The molecule has 1 aliphatic rings. The summed E-state index contributed by atoms with van der Waals surface area (Å²) in [4.78, 5) is 3.96. The molecule has 0 radical (unpaired) electrons. The Bertz CT molecular complexity index is 624. The van der Waals surface area contributed by atoms with Crippen LogP contribution >= 0.6 is 0 Å². The molecule has 2 heterocycles. The molecule has 2 N–H and O–H groups in total. The van der Waals surface area contributed by atoms with Crippen molar-refractivity contribution in [3.05, 3.63) is 54.1 Å². The molecule has 116 valence electrons. The van der Waals surface area contributed by atoms with Crippen molar-refractivity contribution in [1.29, 1.82) is 0 Å². The molecule has 1 saturated heterocycles. The molecule has 1 fully saturated rings. The van der Waals surface area contributed by atoms with E-state index in [0.29, 0.717) is 31.9 Å². The summed E-state index contributed by atoms with van der Waals surface area (Å²) in [6, 6.07) is 8.95. The van der Waals surface area contributed by atoms with Crippen molar-refractivity contribution in [3.63, 3.8) is 0 Å². The van der Waals surface area contributed by atoms with Crippen molar-refractivity contribution in [2.45, 2.75) is 6.54 Å². The van der Waals surface area contributed by atoms with Gasteiger partial charge in [-0.1, -0.05) is 12.1 Å². The monoisotopic (exact) mass is 302 g/mol. The molecule has 2 aromatic rings. The molecule has 0 spiro atoms. The Morgan fingerprint density at radius 3 is 2.55 bits per heavy atom. The van der Waals surface area contributed by atoms with Crippen molar-refractivity contribution in [2.75, 3.05) is 26.4 Å². The lowest BCUT2D eigenvalue weighted by atomic mass is 9.87. The molecule has 1 aromatic heterocycles. The number of aromatic nitrogens is 1. The van der Waals surface area contributed by atoms with Gasteiger partial charge in [0.15, 0.2) is 0 Å². The van der Waals surface area contributed by atoms with Gasteiger partial charge in [-0.25, -0.2) is 4.39 Å². The van der Waals surface area contributed by atoms with Crippen molar-refractivity contribution >= 4 is 0 Å². The van der Waals surface area contributed by atoms with Crippen LogP contribution in [0.15, 0.2) is 42.7 Å². The molecule has 3 rings (SSSR count). The number of benzene rings is 1. The minimum Gasteiger partial charge on any atom is -0.396 e. The molecule has 0 aliphatic carbocycles. The molecule has 1 aromatic carbocycles. The van der Waals surface area contributed by atoms with Crippen molar-refractivity contribution < 1.29 is 14.2 Å². The second-order valence-electron chi connectivity index (χ2n) is 5.80. The van der Waals surface area contributed by atoms with E-state index in [4.69, 9.17) is 4.74 Å².